The van der Waals surface area contributed by atoms with Crippen LogP contribution in [0.3, 0.4) is 0 Å². The van der Waals surface area contributed by atoms with Gasteiger partial charge in [0.1, 0.15) is 5.82 Å². The number of thiol groups is 1. The van der Waals surface area contributed by atoms with Gasteiger partial charge in [-0.05, 0) is 24.5 Å². The number of hydrogen-bond donors (Lipinski definition) is 3. The lowest BCUT2D eigenvalue weighted by molar-refractivity contribution is 0.625. The van der Waals surface area contributed by atoms with Crippen LogP contribution in [0.15, 0.2) is 35.9 Å². The summed E-state index contributed by atoms with van der Waals surface area (Å²) >= 11 is 3.91. The van der Waals surface area contributed by atoms with Crippen LogP contribution < -0.4 is 16.6 Å². The molecule has 16 heavy (non-hydrogen) atoms. The standard InChI is InChI=1S/C11H14FN3S/c1-2-5-15(14)11-4-3-8(6-9(11)12)10(13)7-16/h2-7,16H,13-14H2,1H3/b5-2-,10-7-. The highest BCUT2D eigenvalue weighted by Crippen LogP contribution is 2.21. The Labute approximate surface area is 99.6 Å². The fraction of sp³-hybridized carbons (Fsp3) is 0.0909. The van der Waals surface area contributed by atoms with E-state index in [0.717, 1.165) is 0 Å². The number of allylic oxidation sites excluding steroid dienone is 1. The minimum absolute atomic E-state index is 0.286. The maximum Gasteiger partial charge on any atom is 0.148 e. The molecule has 0 aliphatic carbocycles. The van der Waals surface area contributed by atoms with Gasteiger partial charge in [0.25, 0.3) is 0 Å². The predicted molar refractivity (Wildman–Crippen MR) is 69.0 cm³/mol. The third-order valence-electron chi connectivity index (χ3n) is 2.01. The molecule has 0 amide bonds. The Morgan fingerprint density at radius 2 is 2.19 bits per heavy atom. The molecule has 1 aromatic carbocycles. The third-order valence-corrected chi connectivity index (χ3v) is 2.29. The molecule has 0 radical (unpaired) electrons. The zero-order valence-electron chi connectivity index (χ0n) is 8.89. The van der Waals surface area contributed by atoms with Gasteiger partial charge >= 0.3 is 0 Å². The van der Waals surface area contributed by atoms with Crippen LogP contribution in [0.5, 0.6) is 0 Å². The molecule has 0 fully saturated rings. The van der Waals surface area contributed by atoms with Gasteiger partial charge in [0.15, 0.2) is 0 Å². The highest BCUT2D eigenvalue weighted by Gasteiger charge is 2.07. The minimum Gasteiger partial charge on any atom is -0.398 e. The molecule has 0 aliphatic rings. The molecule has 0 atom stereocenters. The summed E-state index contributed by atoms with van der Waals surface area (Å²) < 4.78 is 13.7. The predicted octanol–water partition coefficient (Wildman–Crippen LogP) is 2.23. The molecule has 0 bridgehead atoms. The minimum atomic E-state index is -0.434. The van der Waals surface area contributed by atoms with Crippen molar-refractivity contribution < 1.29 is 4.39 Å². The van der Waals surface area contributed by atoms with Gasteiger partial charge in [0.05, 0.1) is 5.69 Å². The molecular formula is C11H14FN3S. The van der Waals surface area contributed by atoms with E-state index in [-0.39, 0.29) is 5.69 Å². The van der Waals surface area contributed by atoms with Gasteiger partial charge in [-0.15, -0.1) is 12.6 Å². The maximum atomic E-state index is 13.7. The topological polar surface area (TPSA) is 55.3 Å². The van der Waals surface area contributed by atoms with Crippen LogP contribution in [0.25, 0.3) is 5.70 Å². The van der Waals surface area contributed by atoms with Crippen molar-refractivity contribution in [3.8, 4) is 0 Å². The molecule has 1 rings (SSSR count). The van der Waals surface area contributed by atoms with Crippen molar-refractivity contribution in [2.45, 2.75) is 6.92 Å². The monoisotopic (exact) mass is 239 g/mol. The van der Waals surface area contributed by atoms with Gasteiger partial charge in [-0.25, -0.2) is 10.2 Å². The normalized spacial score (nSPS) is 12.1. The molecule has 0 heterocycles. The van der Waals surface area contributed by atoms with Crippen molar-refractivity contribution in [3.63, 3.8) is 0 Å². The number of halogens is 1. The van der Waals surface area contributed by atoms with Crippen LogP contribution in [0.2, 0.25) is 0 Å². The maximum absolute atomic E-state index is 13.7. The first-order valence-corrected chi connectivity index (χ1v) is 5.18. The number of nitrogens with two attached hydrogens (primary N) is 2. The van der Waals surface area contributed by atoms with Crippen molar-refractivity contribution in [3.05, 3.63) is 47.3 Å². The molecule has 0 saturated heterocycles. The Balaban J connectivity index is 3.09. The van der Waals surface area contributed by atoms with Crippen molar-refractivity contribution in [1.82, 2.24) is 0 Å². The average Bonchev–Trinajstić information content (AvgIpc) is 2.28. The summed E-state index contributed by atoms with van der Waals surface area (Å²) in [6.07, 6.45) is 3.28. The number of anilines is 1. The van der Waals surface area contributed by atoms with Crippen molar-refractivity contribution in [1.29, 1.82) is 0 Å². The Morgan fingerprint density at radius 3 is 2.69 bits per heavy atom. The summed E-state index contributed by atoms with van der Waals surface area (Å²) in [5.41, 5.74) is 6.87. The molecule has 86 valence electrons. The van der Waals surface area contributed by atoms with E-state index >= 15 is 0 Å². The summed E-state index contributed by atoms with van der Waals surface area (Å²) in [5, 5.41) is 2.63. The molecular weight excluding hydrogens is 225 g/mol. The van der Waals surface area contributed by atoms with Gasteiger partial charge in [-0.2, -0.15) is 0 Å². The quantitative estimate of drug-likeness (QED) is 0.431. The second kappa shape index (κ2) is 5.58. The highest BCUT2D eigenvalue weighted by molar-refractivity contribution is 7.83. The summed E-state index contributed by atoms with van der Waals surface area (Å²) in [6, 6.07) is 4.57. The average molecular weight is 239 g/mol. The zero-order valence-corrected chi connectivity index (χ0v) is 9.79. The van der Waals surface area contributed by atoms with Crippen LogP contribution >= 0.6 is 12.6 Å². The Bertz CT molecular complexity index is 429. The van der Waals surface area contributed by atoms with Crippen LogP contribution in [0, 0.1) is 5.82 Å². The van der Waals surface area contributed by atoms with E-state index in [1.54, 1.807) is 31.3 Å². The van der Waals surface area contributed by atoms with E-state index in [1.165, 1.54) is 16.5 Å². The van der Waals surface area contributed by atoms with Crippen LogP contribution in [0.4, 0.5) is 10.1 Å². The number of rotatable bonds is 3. The summed E-state index contributed by atoms with van der Waals surface area (Å²) in [5.74, 6) is 5.18. The zero-order chi connectivity index (χ0) is 12.1. The molecule has 0 aliphatic heterocycles. The van der Waals surface area contributed by atoms with Crippen molar-refractivity contribution in [2.24, 2.45) is 11.6 Å². The lowest BCUT2D eigenvalue weighted by atomic mass is 10.1. The van der Waals surface area contributed by atoms with Gasteiger partial charge < -0.3 is 5.73 Å². The molecule has 3 nitrogen and oxygen atoms in total. The highest BCUT2D eigenvalue weighted by atomic mass is 32.1. The lowest BCUT2D eigenvalue weighted by Gasteiger charge is -2.15. The van der Waals surface area contributed by atoms with E-state index in [0.29, 0.717) is 11.3 Å². The Morgan fingerprint density at radius 1 is 1.50 bits per heavy atom. The molecule has 0 aromatic heterocycles. The Kier molecular flexibility index (Phi) is 4.39. The lowest BCUT2D eigenvalue weighted by Crippen LogP contribution is -2.25. The van der Waals surface area contributed by atoms with Crippen LogP contribution in [-0.2, 0) is 0 Å². The molecule has 0 unspecified atom stereocenters. The Hall–Kier alpha value is -1.46. The first kappa shape index (κ1) is 12.6. The number of nitrogens with zero attached hydrogens (tertiary/aromatic N) is 1. The summed E-state index contributed by atoms with van der Waals surface area (Å²) in [4.78, 5) is 0. The van der Waals surface area contributed by atoms with E-state index in [1.807, 2.05) is 0 Å². The SMILES string of the molecule is C/C=C\N(N)c1ccc(/C(N)=C/S)cc1F. The van der Waals surface area contributed by atoms with Crippen LogP contribution in [0.1, 0.15) is 12.5 Å². The van der Waals surface area contributed by atoms with Crippen molar-refractivity contribution in [2.75, 3.05) is 5.01 Å². The fourth-order valence-corrected chi connectivity index (χ4v) is 1.36. The molecule has 0 saturated carbocycles. The number of benzene rings is 1. The van der Waals surface area contributed by atoms with E-state index in [4.69, 9.17) is 11.6 Å². The fourth-order valence-electron chi connectivity index (χ4n) is 1.21. The first-order chi connectivity index (χ1) is 7.60. The van der Waals surface area contributed by atoms with Crippen molar-refractivity contribution >= 4 is 24.0 Å². The number of hydrogen-bond acceptors (Lipinski definition) is 4. The smallest absolute Gasteiger partial charge is 0.148 e. The van der Waals surface area contributed by atoms with E-state index in [2.05, 4.69) is 12.6 Å². The van der Waals surface area contributed by atoms with Crippen LogP contribution in [-0.4, -0.2) is 0 Å². The summed E-state index contributed by atoms with van der Waals surface area (Å²) in [7, 11) is 0. The molecule has 1 aromatic rings. The van der Waals surface area contributed by atoms with Gasteiger partial charge in [0.2, 0.25) is 0 Å². The molecule has 4 N–H and O–H groups in total. The molecule has 5 heteroatoms. The van der Waals surface area contributed by atoms with Gasteiger partial charge in [-0.1, -0.05) is 12.1 Å². The van der Waals surface area contributed by atoms with Gasteiger partial charge in [0, 0.05) is 17.5 Å². The van der Waals surface area contributed by atoms with E-state index in [9.17, 15) is 4.39 Å². The second-order valence-corrected chi connectivity index (χ2v) is 3.40. The van der Waals surface area contributed by atoms with Gasteiger partial charge in [-0.3, -0.25) is 5.01 Å². The summed E-state index contributed by atoms with van der Waals surface area (Å²) in [6.45, 7) is 1.80. The number of hydrazine groups is 1. The first-order valence-electron chi connectivity index (χ1n) is 4.66. The third kappa shape index (κ3) is 2.77. The van der Waals surface area contributed by atoms with E-state index < -0.39 is 5.82 Å². The second-order valence-electron chi connectivity index (χ2n) is 3.14. The molecule has 0 spiro atoms. The largest absolute Gasteiger partial charge is 0.398 e.